The molecule has 1 heterocycles. The Hall–Kier alpha value is -2.29. The van der Waals surface area contributed by atoms with Crippen LogP contribution in [0, 0.1) is 6.92 Å². The van der Waals surface area contributed by atoms with Gasteiger partial charge in [0.25, 0.3) is 0 Å². The van der Waals surface area contributed by atoms with E-state index in [-0.39, 0.29) is 5.91 Å². The fraction of sp³-hybridized carbons (Fsp3) is 0.278. The van der Waals surface area contributed by atoms with E-state index in [2.05, 4.69) is 25.1 Å². The van der Waals surface area contributed by atoms with Crippen LogP contribution in [0.15, 0.2) is 42.5 Å². The number of ether oxygens (including phenoxy) is 1. The number of methoxy groups -OCH3 is 1. The van der Waals surface area contributed by atoms with Gasteiger partial charge in [0, 0.05) is 13.1 Å². The molecule has 21 heavy (non-hydrogen) atoms. The average molecular weight is 281 g/mol. The lowest BCUT2D eigenvalue weighted by molar-refractivity contribution is -0.131. The number of hydrogen-bond donors (Lipinski definition) is 0. The first-order valence-electron chi connectivity index (χ1n) is 7.15. The Balaban J connectivity index is 1.70. The molecule has 3 rings (SSSR count). The molecular weight excluding hydrogens is 262 g/mol. The van der Waals surface area contributed by atoms with Gasteiger partial charge >= 0.3 is 0 Å². The van der Waals surface area contributed by atoms with E-state index in [1.165, 1.54) is 16.7 Å². The van der Waals surface area contributed by atoms with Crippen molar-refractivity contribution in [2.45, 2.75) is 26.4 Å². The molecule has 1 aliphatic rings. The van der Waals surface area contributed by atoms with Crippen molar-refractivity contribution in [3.8, 4) is 5.75 Å². The van der Waals surface area contributed by atoms with E-state index in [1.807, 2.05) is 29.2 Å². The minimum absolute atomic E-state index is 0.164. The van der Waals surface area contributed by atoms with Gasteiger partial charge in [-0.15, -0.1) is 0 Å². The first kappa shape index (κ1) is 13.7. The van der Waals surface area contributed by atoms with Crippen LogP contribution in [-0.4, -0.2) is 17.9 Å². The molecule has 0 aliphatic carbocycles. The molecule has 0 spiro atoms. The monoisotopic (exact) mass is 281 g/mol. The summed E-state index contributed by atoms with van der Waals surface area (Å²) >= 11 is 0. The molecule has 2 aromatic carbocycles. The van der Waals surface area contributed by atoms with Crippen LogP contribution in [0.2, 0.25) is 0 Å². The van der Waals surface area contributed by atoms with Gasteiger partial charge < -0.3 is 9.64 Å². The van der Waals surface area contributed by atoms with Crippen LogP contribution in [-0.2, 0) is 24.3 Å². The second kappa shape index (κ2) is 5.60. The highest BCUT2D eigenvalue weighted by Gasteiger charge is 2.23. The predicted molar refractivity (Wildman–Crippen MR) is 82.1 cm³/mol. The zero-order chi connectivity index (χ0) is 14.8. The van der Waals surface area contributed by atoms with Crippen molar-refractivity contribution in [2.24, 2.45) is 0 Å². The van der Waals surface area contributed by atoms with E-state index in [0.29, 0.717) is 6.42 Å². The number of benzene rings is 2. The lowest BCUT2D eigenvalue weighted by Gasteiger charge is -2.15. The van der Waals surface area contributed by atoms with Crippen molar-refractivity contribution < 1.29 is 9.53 Å². The molecular formula is C18H19NO2. The summed E-state index contributed by atoms with van der Waals surface area (Å²) < 4.78 is 5.20. The topological polar surface area (TPSA) is 29.5 Å². The largest absolute Gasteiger partial charge is 0.497 e. The summed E-state index contributed by atoms with van der Waals surface area (Å²) in [5, 5.41) is 0. The maximum absolute atomic E-state index is 12.5. The number of fused-ring (bicyclic) bond motifs is 1. The van der Waals surface area contributed by atoms with Crippen LogP contribution in [0.5, 0.6) is 5.75 Å². The molecule has 0 radical (unpaired) electrons. The van der Waals surface area contributed by atoms with E-state index in [1.54, 1.807) is 7.11 Å². The summed E-state index contributed by atoms with van der Waals surface area (Å²) in [5.41, 5.74) is 4.77. The maximum Gasteiger partial charge on any atom is 0.227 e. The quantitative estimate of drug-likeness (QED) is 0.865. The highest BCUT2D eigenvalue weighted by molar-refractivity contribution is 5.79. The molecule has 0 saturated heterocycles. The zero-order valence-corrected chi connectivity index (χ0v) is 12.4. The first-order valence-corrected chi connectivity index (χ1v) is 7.15. The average Bonchev–Trinajstić information content (AvgIpc) is 2.90. The molecule has 0 fully saturated rings. The second-order valence-electron chi connectivity index (χ2n) is 5.55. The molecule has 108 valence electrons. The fourth-order valence-corrected chi connectivity index (χ4v) is 2.77. The molecule has 0 N–H and O–H groups in total. The minimum atomic E-state index is 0.164. The van der Waals surface area contributed by atoms with Gasteiger partial charge in [-0.1, -0.05) is 35.9 Å². The van der Waals surface area contributed by atoms with Gasteiger partial charge in [0.05, 0.1) is 13.5 Å². The Labute approximate surface area is 125 Å². The third kappa shape index (κ3) is 2.92. The van der Waals surface area contributed by atoms with Crippen LogP contribution >= 0.6 is 0 Å². The van der Waals surface area contributed by atoms with E-state index < -0.39 is 0 Å². The SMILES string of the molecule is COc1cccc(CC(=O)N2Cc3ccc(C)cc3C2)c1. The molecule has 1 amide bonds. The van der Waals surface area contributed by atoms with E-state index >= 15 is 0 Å². The van der Waals surface area contributed by atoms with Gasteiger partial charge in [-0.05, 0) is 35.7 Å². The number of nitrogens with zero attached hydrogens (tertiary/aromatic N) is 1. The van der Waals surface area contributed by atoms with Gasteiger partial charge in [0.15, 0.2) is 0 Å². The third-order valence-corrected chi connectivity index (χ3v) is 3.93. The summed E-state index contributed by atoms with van der Waals surface area (Å²) in [4.78, 5) is 14.4. The lowest BCUT2D eigenvalue weighted by Crippen LogP contribution is -2.26. The first-order chi connectivity index (χ1) is 10.2. The zero-order valence-electron chi connectivity index (χ0n) is 12.4. The molecule has 1 aliphatic heterocycles. The molecule has 0 aromatic heterocycles. The van der Waals surface area contributed by atoms with Crippen molar-refractivity contribution in [3.05, 3.63) is 64.7 Å². The van der Waals surface area contributed by atoms with Crippen molar-refractivity contribution in [3.63, 3.8) is 0 Å². The summed E-state index contributed by atoms with van der Waals surface area (Å²) in [5.74, 6) is 0.956. The van der Waals surface area contributed by atoms with Gasteiger partial charge in [-0.3, -0.25) is 4.79 Å². The molecule has 3 heteroatoms. The number of aryl methyl sites for hydroxylation is 1. The highest BCUT2D eigenvalue weighted by Crippen LogP contribution is 2.24. The Morgan fingerprint density at radius 3 is 2.76 bits per heavy atom. The number of carbonyl (C=O) groups excluding carboxylic acids is 1. The van der Waals surface area contributed by atoms with Gasteiger partial charge in [0.1, 0.15) is 5.75 Å². The summed E-state index contributed by atoms with van der Waals surface area (Å²) in [6.45, 7) is 3.53. The highest BCUT2D eigenvalue weighted by atomic mass is 16.5. The molecule has 0 atom stereocenters. The summed E-state index contributed by atoms with van der Waals surface area (Å²) in [6, 6.07) is 14.1. The van der Waals surface area contributed by atoms with Gasteiger partial charge in [0.2, 0.25) is 5.91 Å². The van der Waals surface area contributed by atoms with Crippen LogP contribution in [0.1, 0.15) is 22.3 Å². The van der Waals surface area contributed by atoms with Crippen molar-refractivity contribution in [1.82, 2.24) is 4.90 Å². The molecule has 0 saturated carbocycles. The maximum atomic E-state index is 12.5. The predicted octanol–water partition coefficient (Wildman–Crippen LogP) is 3.09. The lowest BCUT2D eigenvalue weighted by atomic mass is 10.1. The van der Waals surface area contributed by atoms with E-state index in [9.17, 15) is 4.79 Å². The Morgan fingerprint density at radius 2 is 1.95 bits per heavy atom. The van der Waals surface area contributed by atoms with Crippen molar-refractivity contribution in [1.29, 1.82) is 0 Å². The standard InChI is InChI=1S/C18H19NO2/c1-13-6-7-15-11-19(12-16(15)8-13)18(20)10-14-4-3-5-17(9-14)21-2/h3-9H,10-12H2,1-2H3. The van der Waals surface area contributed by atoms with Crippen LogP contribution < -0.4 is 4.74 Å². The van der Waals surface area contributed by atoms with Crippen molar-refractivity contribution in [2.75, 3.05) is 7.11 Å². The Morgan fingerprint density at radius 1 is 1.14 bits per heavy atom. The van der Waals surface area contributed by atoms with E-state index in [0.717, 1.165) is 24.4 Å². The van der Waals surface area contributed by atoms with Crippen LogP contribution in [0.3, 0.4) is 0 Å². The molecule has 3 nitrogen and oxygen atoms in total. The van der Waals surface area contributed by atoms with Crippen LogP contribution in [0.4, 0.5) is 0 Å². The second-order valence-corrected chi connectivity index (χ2v) is 5.55. The normalized spacial score (nSPS) is 13.1. The Bertz CT molecular complexity index is 679. The number of hydrogen-bond acceptors (Lipinski definition) is 2. The summed E-state index contributed by atoms with van der Waals surface area (Å²) in [6.07, 6.45) is 0.421. The minimum Gasteiger partial charge on any atom is -0.497 e. The Kier molecular flexibility index (Phi) is 3.65. The molecule has 2 aromatic rings. The van der Waals surface area contributed by atoms with E-state index in [4.69, 9.17) is 4.74 Å². The number of rotatable bonds is 3. The molecule has 0 bridgehead atoms. The van der Waals surface area contributed by atoms with Gasteiger partial charge in [-0.2, -0.15) is 0 Å². The van der Waals surface area contributed by atoms with Gasteiger partial charge in [-0.25, -0.2) is 0 Å². The summed E-state index contributed by atoms with van der Waals surface area (Å²) in [7, 11) is 1.64. The fourth-order valence-electron chi connectivity index (χ4n) is 2.77. The third-order valence-electron chi connectivity index (χ3n) is 3.93. The smallest absolute Gasteiger partial charge is 0.227 e. The van der Waals surface area contributed by atoms with Crippen molar-refractivity contribution >= 4 is 5.91 Å². The van der Waals surface area contributed by atoms with Crippen LogP contribution in [0.25, 0.3) is 0 Å². The molecule has 0 unspecified atom stereocenters. The number of carbonyl (C=O) groups is 1. The number of amides is 1.